The van der Waals surface area contributed by atoms with Gasteiger partial charge < -0.3 is 9.47 Å². The molecule has 0 atom stereocenters. The van der Waals surface area contributed by atoms with Crippen molar-refractivity contribution in [2.75, 3.05) is 12.0 Å². The lowest BCUT2D eigenvalue weighted by molar-refractivity contribution is 0.269. The van der Waals surface area contributed by atoms with E-state index in [1.54, 1.807) is 6.21 Å². The van der Waals surface area contributed by atoms with Gasteiger partial charge in [-0.2, -0.15) is 5.10 Å². The molecule has 0 aliphatic rings. The van der Waals surface area contributed by atoms with E-state index in [1.165, 1.54) is 5.56 Å². The van der Waals surface area contributed by atoms with E-state index in [0.29, 0.717) is 29.7 Å². The third-order valence-corrected chi connectivity index (χ3v) is 4.38. The minimum absolute atomic E-state index is 0.497. The maximum Gasteiger partial charge on any atom is 0.161 e. The molecule has 0 radical (unpaired) electrons. The fourth-order valence-electron chi connectivity index (χ4n) is 2.66. The van der Waals surface area contributed by atoms with Gasteiger partial charge in [0.05, 0.1) is 18.5 Å². The first-order valence-corrected chi connectivity index (χ1v) is 9.52. The quantitative estimate of drug-likeness (QED) is 0.372. The molecule has 0 amide bonds. The SMILES string of the molecule is CCOc1cc(C=NNc2cccc(Cl)c2)ccc1OCc1ccccc1C. The third kappa shape index (κ3) is 5.51. The summed E-state index contributed by atoms with van der Waals surface area (Å²) >= 11 is 5.98. The minimum Gasteiger partial charge on any atom is -0.490 e. The Balaban J connectivity index is 1.69. The lowest BCUT2D eigenvalue weighted by atomic mass is 10.1. The molecule has 144 valence electrons. The van der Waals surface area contributed by atoms with Crippen LogP contribution in [-0.2, 0) is 6.61 Å². The molecular weight excluding hydrogens is 372 g/mol. The molecule has 5 heteroatoms. The molecule has 0 aliphatic heterocycles. The van der Waals surface area contributed by atoms with E-state index in [0.717, 1.165) is 16.8 Å². The summed E-state index contributed by atoms with van der Waals surface area (Å²) in [4.78, 5) is 0. The first kappa shape index (κ1) is 19.8. The second kappa shape index (κ2) is 9.81. The van der Waals surface area contributed by atoms with Crippen molar-refractivity contribution >= 4 is 23.5 Å². The molecular formula is C23H23ClN2O2. The molecule has 1 N–H and O–H groups in total. The summed E-state index contributed by atoms with van der Waals surface area (Å²) in [6, 6.07) is 21.4. The van der Waals surface area contributed by atoms with E-state index in [-0.39, 0.29) is 0 Å². The number of ether oxygens (including phenoxy) is 2. The Bertz CT molecular complexity index is 957. The van der Waals surface area contributed by atoms with Crippen molar-refractivity contribution in [3.05, 3.63) is 88.4 Å². The maximum absolute atomic E-state index is 6.00. The topological polar surface area (TPSA) is 42.8 Å². The van der Waals surface area contributed by atoms with Crippen LogP contribution in [0.2, 0.25) is 5.02 Å². The van der Waals surface area contributed by atoms with Crippen LogP contribution in [0.3, 0.4) is 0 Å². The van der Waals surface area contributed by atoms with Gasteiger partial charge in [-0.3, -0.25) is 5.43 Å². The highest BCUT2D eigenvalue weighted by Gasteiger charge is 2.07. The summed E-state index contributed by atoms with van der Waals surface area (Å²) in [5.41, 5.74) is 7.05. The summed E-state index contributed by atoms with van der Waals surface area (Å²) in [5, 5.41) is 4.92. The Morgan fingerprint density at radius 3 is 2.61 bits per heavy atom. The molecule has 0 aliphatic carbocycles. The first-order chi connectivity index (χ1) is 13.7. The number of hydrogen-bond donors (Lipinski definition) is 1. The lowest BCUT2D eigenvalue weighted by Crippen LogP contribution is -2.01. The molecule has 0 saturated carbocycles. The highest BCUT2D eigenvalue weighted by molar-refractivity contribution is 6.30. The molecule has 0 heterocycles. The number of nitrogens with zero attached hydrogens (tertiary/aromatic N) is 1. The predicted molar refractivity (Wildman–Crippen MR) is 116 cm³/mol. The number of halogens is 1. The van der Waals surface area contributed by atoms with Gasteiger partial charge in [-0.1, -0.05) is 41.9 Å². The molecule has 0 fully saturated rings. The normalized spacial score (nSPS) is 10.8. The zero-order valence-corrected chi connectivity index (χ0v) is 16.7. The Morgan fingerprint density at radius 2 is 1.82 bits per heavy atom. The molecule has 0 spiro atoms. The number of benzene rings is 3. The smallest absolute Gasteiger partial charge is 0.161 e. The number of aryl methyl sites for hydroxylation is 1. The van der Waals surface area contributed by atoms with Gasteiger partial charge >= 0.3 is 0 Å². The summed E-state index contributed by atoms with van der Waals surface area (Å²) in [6.07, 6.45) is 1.73. The molecule has 3 aromatic rings. The van der Waals surface area contributed by atoms with Crippen molar-refractivity contribution in [2.24, 2.45) is 5.10 Å². The zero-order chi connectivity index (χ0) is 19.8. The zero-order valence-electron chi connectivity index (χ0n) is 16.0. The predicted octanol–water partition coefficient (Wildman–Crippen LogP) is 6.07. The number of anilines is 1. The van der Waals surface area contributed by atoms with Gasteiger partial charge in [0.15, 0.2) is 11.5 Å². The van der Waals surface area contributed by atoms with Crippen LogP contribution in [0.15, 0.2) is 71.8 Å². The average molecular weight is 395 g/mol. The summed E-state index contributed by atoms with van der Waals surface area (Å²) in [7, 11) is 0. The van der Waals surface area contributed by atoms with Crippen molar-refractivity contribution in [2.45, 2.75) is 20.5 Å². The van der Waals surface area contributed by atoms with Crippen LogP contribution in [0.25, 0.3) is 0 Å². The summed E-state index contributed by atoms with van der Waals surface area (Å²) in [5.74, 6) is 1.41. The molecule has 0 aromatic heterocycles. The molecule has 3 aromatic carbocycles. The number of hydrogen-bond acceptors (Lipinski definition) is 4. The summed E-state index contributed by atoms with van der Waals surface area (Å²) < 4.78 is 11.8. The van der Waals surface area contributed by atoms with Gasteiger partial charge in [-0.05, 0) is 66.9 Å². The van der Waals surface area contributed by atoms with Crippen LogP contribution in [0.1, 0.15) is 23.6 Å². The van der Waals surface area contributed by atoms with Crippen molar-refractivity contribution in [3.8, 4) is 11.5 Å². The fourth-order valence-corrected chi connectivity index (χ4v) is 2.85. The number of rotatable bonds is 8. The average Bonchev–Trinajstić information content (AvgIpc) is 2.69. The Kier molecular flexibility index (Phi) is 6.93. The van der Waals surface area contributed by atoms with E-state index >= 15 is 0 Å². The molecule has 4 nitrogen and oxygen atoms in total. The molecule has 0 saturated heterocycles. The Morgan fingerprint density at radius 1 is 0.964 bits per heavy atom. The summed E-state index contributed by atoms with van der Waals surface area (Å²) in [6.45, 7) is 5.08. The lowest BCUT2D eigenvalue weighted by Gasteiger charge is -2.13. The highest BCUT2D eigenvalue weighted by Crippen LogP contribution is 2.29. The van der Waals surface area contributed by atoms with Crippen molar-refractivity contribution < 1.29 is 9.47 Å². The second-order valence-electron chi connectivity index (χ2n) is 6.23. The van der Waals surface area contributed by atoms with Crippen LogP contribution in [0.5, 0.6) is 11.5 Å². The molecule has 0 bridgehead atoms. The van der Waals surface area contributed by atoms with Gasteiger partial charge in [0.1, 0.15) is 6.61 Å². The Labute approximate surface area is 170 Å². The first-order valence-electron chi connectivity index (χ1n) is 9.14. The number of nitrogens with one attached hydrogen (secondary N) is 1. The van der Waals surface area contributed by atoms with Crippen molar-refractivity contribution in [1.29, 1.82) is 0 Å². The van der Waals surface area contributed by atoms with Crippen molar-refractivity contribution in [1.82, 2.24) is 0 Å². The monoisotopic (exact) mass is 394 g/mol. The van der Waals surface area contributed by atoms with Crippen molar-refractivity contribution in [3.63, 3.8) is 0 Å². The van der Waals surface area contributed by atoms with Crippen LogP contribution in [0.4, 0.5) is 5.69 Å². The van der Waals surface area contributed by atoms with Gasteiger partial charge in [0.25, 0.3) is 0 Å². The van der Waals surface area contributed by atoms with Gasteiger partial charge in [0, 0.05) is 5.02 Å². The molecule has 3 rings (SSSR count). The van der Waals surface area contributed by atoms with Gasteiger partial charge in [0.2, 0.25) is 0 Å². The van der Waals surface area contributed by atoms with Crippen LogP contribution < -0.4 is 14.9 Å². The van der Waals surface area contributed by atoms with E-state index in [4.69, 9.17) is 21.1 Å². The second-order valence-corrected chi connectivity index (χ2v) is 6.67. The van der Waals surface area contributed by atoms with Gasteiger partial charge in [-0.25, -0.2) is 0 Å². The van der Waals surface area contributed by atoms with Gasteiger partial charge in [-0.15, -0.1) is 0 Å². The van der Waals surface area contributed by atoms with Crippen LogP contribution >= 0.6 is 11.6 Å². The standard InChI is InChI=1S/C23H23ClN2O2/c1-3-27-23-13-18(15-25-26-21-10-6-9-20(24)14-21)11-12-22(23)28-16-19-8-5-4-7-17(19)2/h4-15,26H,3,16H2,1-2H3. The van der Waals surface area contributed by atoms with Crippen LogP contribution in [-0.4, -0.2) is 12.8 Å². The fraction of sp³-hybridized carbons (Fsp3) is 0.174. The Hall–Kier alpha value is -2.98. The van der Waals surface area contributed by atoms with Crippen LogP contribution in [0, 0.1) is 6.92 Å². The maximum atomic E-state index is 6.00. The number of hydrazone groups is 1. The van der Waals surface area contributed by atoms with E-state index in [9.17, 15) is 0 Å². The minimum atomic E-state index is 0.497. The third-order valence-electron chi connectivity index (χ3n) is 4.14. The molecule has 0 unspecified atom stereocenters. The molecule has 28 heavy (non-hydrogen) atoms. The highest BCUT2D eigenvalue weighted by atomic mass is 35.5. The van der Waals surface area contributed by atoms with E-state index < -0.39 is 0 Å². The van der Waals surface area contributed by atoms with E-state index in [1.807, 2.05) is 61.5 Å². The largest absolute Gasteiger partial charge is 0.490 e. The van der Waals surface area contributed by atoms with E-state index in [2.05, 4.69) is 29.6 Å².